The first-order valence-corrected chi connectivity index (χ1v) is 11.1. The lowest BCUT2D eigenvalue weighted by molar-refractivity contribution is -0.125. The summed E-state index contributed by atoms with van der Waals surface area (Å²) in [5.41, 5.74) is 7.00. The number of halogens is 1. The molecule has 6 nitrogen and oxygen atoms in total. The molecule has 3 N–H and O–H groups in total. The van der Waals surface area contributed by atoms with Crippen molar-refractivity contribution in [2.24, 2.45) is 11.7 Å². The van der Waals surface area contributed by atoms with Crippen LogP contribution >= 0.6 is 11.3 Å². The van der Waals surface area contributed by atoms with E-state index in [1.165, 1.54) is 23.5 Å². The van der Waals surface area contributed by atoms with Crippen LogP contribution in [0.3, 0.4) is 0 Å². The fraction of sp³-hybridized carbons (Fsp3) is 0.208. The standard InChI is InChI=1S/C24H22FN3O3S/c1-14-4-7-16(8-5-14)28-21(29)11-9-17(22(28)20-3-2-12-32-20)24(31)27-15-6-10-19(25)18(13-15)23(26)30/h2-8,10,12-13,17,22H,9,11H2,1H3,(H2,26,30)(H,27,31). The molecule has 3 aromatic rings. The third-order valence-corrected chi connectivity index (χ3v) is 6.52. The fourth-order valence-electron chi connectivity index (χ4n) is 3.99. The SMILES string of the molecule is Cc1ccc(N2C(=O)CCC(C(=O)Nc3ccc(F)c(C(N)=O)c3)C2c2cccs2)cc1. The Morgan fingerprint density at radius 2 is 1.91 bits per heavy atom. The van der Waals surface area contributed by atoms with Crippen molar-refractivity contribution in [1.29, 1.82) is 0 Å². The molecule has 0 aliphatic carbocycles. The summed E-state index contributed by atoms with van der Waals surface area (Å²) in [6.07, 6.45) is 0.600. The second-order valence-corrected chi connectivity index (χ2v) is 8.73. The van der Waals surface area contributed by atoms with Crippen molar-refractivity contribution in [3.05, 3.63) is 81.8 Å². The molecule has 2 heterocycles. The number of hydrogen-bond donors (Lipinski definition) is 2. The van der Waals surface area contributed by atoms with E-state index in [9.17, 15) is 18.8 Å². The molecular weight excluding hydrogens is 429 g/mol. The number of rotatable bonds is 5. The number of aryl methyl sites for hydroxylation is 1. The van der Waals surface area contributed by atoms with Gasteiger partial charge in [-0.1, -0.05) is 23.8 Å². The average Bonchev–Trinajstić information content (AvgIpc) is 3.30. The predicted octanol–water partition coefficient (Wildman–Crippen LogP) is 4.42. The van der Waals surface area contributed by atoms with Crippen molar-refractivity contribution >= 4 is 40.4 Å². The lowest BCUT2D eigenvalue weighted by Crippen LogP contribution is -2.46. The van der Waals surface area contributed by atoms with Gasteiger partial charge in [0.2, 0.25) is 11.8 Å². The molecule has 0 radical (unpaired) electrons. The highest BCUT2D eigenvalue weighted by Crippen LogP contribution is 2.42. The lowest BCUT2D eigenvalue weighted by atomic mass is 9.86. The molecule has 1 fully saturated rings. The first kappa shape index (κ1) is 21.7. The molecule has 0 saturated carbocycles. The maximum absolute atomic E-state index is 13.8. The van der Waals surface area contributed by atoms with Crippen LogP contribution in [0.1, 0.15) is 39.7 Å². The molecule has 32 heavy (non-hydrogen) atoms. The summed E-state index contributed by atoms with van der Waals surface area (Å²) in [7, 11) is 0. The molecular formula is C24H22FN3O3S. The number of carbonyl (C=O) groups excluding carboxylic acids is 3. The minimum absolute atomic E-state index is 0.0471. The van der Waals surface area contributed by atoms with Crippen molar-refractivity contribution in [1.82, 2.24) is 0 Å². The van der Waals surface area contributed by atoms with E-state index in [1.807, 2.05) is 48.7 Å². The largest absolute Gasteiger partial charge is 0.366 e. The number of piperidine rings is 1. The highest BCUT2D eigenvalue weighted by molar-refractivity contribution is 7.10. The van der Waals surface area contributed by atoms with Crippen LogP contribution in [0.15, 0.2) is 60.0 Å². The van der Waals surface area contributed by atoms with Gasteiger partial charge in [0.05, 0.1) is 17.5 Å². The molecule has 8 heteroatoms. The van der Waals surface area contributed by atoms with Gasteiger partial charge in [0.25, 0.3) is 5.91 Å². The minimum Gasteiger partial charge on any atom is -0.366 e. The van der Waals surface area contributed by atoms with E-state index in [2.05, 4.69) is 5.32 Å². The number of nitrogens with zero attached hydrogens (tertiary/aromatic N) is 1. The lowest BCUT2D eigenvalue weighted by Gasteiger charge is -2.40. The topological polar surface area (TPSA) is 92.5 Å². The van der Waals surface area contributed by atoms with Gasteiger partial charge in [-0.25, -0.2) is 4.39 Å². The summed E-state index contributed by atoms with van der Waals surface area (Å²) in [4.78, 5) is 40.3. The number of carbonyl (C=O) groups is 3. The normalized spacial score (nSPS) is 18.4. The molecule has 2 aromatic carbocycles. The van der Waals surface area contributed by atoms with E-state index < -0.39 is 23.7 Å². The van der Waals surface area contributed by atoms with Gasteiger partial charge in [0.1, 0.15) is 5.82 Å². The minimum atomic E-state index is -0.913. The molecule has 1 aromatic heterocycles. The van der Waals surface area contributed by atoms with Crippen molar-refractivity contribution in [2.75, 3.05) is 10.2 Å². The van der Waals surface area contributed by atoms with Gasteiger partial charge in [-0.2, -0.15) is 0 Å². The molecule has 0 bridgehead atoms. The fourth-order valence-corrected chi connectivity index (χ4v) is 4.87. The van der Waals surface area contributed by atoms with Crippen LogP contribution in [0.5, 0.6) is 0 Å². The van der Waals surface area contributed by atoms with Gasteiger partial charge in [-0.15, -0.1) is 11.3 Å². The number of benzene rings is 2. The smallest absolute Gasteiger partial charge is 0.251 e. The number of amides is 3. The third kappa shape index (κ3) is 4.27. The molecule has 4 rings (SSSR count). The first-order valence-electron chi connectivity index (χ1n) is 10.2. The zero-order valence-electron chi connectivity index (χ0n) is 17.4. The van der Waals surface area contributed by atoms with E-state index in [0.717, 1.165) is 22.2 Å². The summed E-state index contributed by atoms with van der Waals surface area (Å²) in [6, 6.07) is 14.7. The second-order valence-electron chi connectivity index (χ2n) is 7.75. The van der Waals surface area contributed by atoms with Gasteiger partial charge in [-0.3, -0.25) is 14.4 Å². The number of anilines is 2. The quantitative estimate of drug-likeness (QED) is 0.602. The molecule has 164 valence electrons. The van der Waals surface area contributed by atoms with Crippen LogP contribution in [-0.2, 0) is 9.59 Å². The van der Waals surface area contributed by atoms with Crippen LogP contribution in [0.2, 0.25) is 0 Å². The van der Waals surface area contributed by atoms with Crippen molar-refractivity contribution in [2.45, 2.75) is 25.8 Å². The highest BCUT2D eigenvalue weighted by atomic mass is 32.1. The predicted molar refractivity (Wildman–Crippen MR) is 122 cm³/mol. The van der Waals surface area contributed by atoms with Gasteiger partial charge in [0, 0.05) is 22.7 Å². The first-order chi connectivity index (χ1) is 15.3. The van der Waals surface area contributed by atoms with Crippen LogP contribution in [0.4, 0.5) is 15.8 Å². The maximum Gasteiger partial charge on any atom is 0.251 e. The summed E-state index contributed by atoms with van der Waals surface area (Å²) in [6.45, 7) is 1.97. The second kappa shape index (κ2) is 8.92. The molecule has 1 aliphatic rings. The molecule has 1 aliphatic heterocycles. The summed E-state index contributed by atoms with van der Waals surface area (Å²) in [5.74, 6) is -2.55. The Morgan fingerprint density at radius 1 is 1.16 bits per heavy atom. The summed E-state index contributed by atoms with van der Waals surface area (Å²) < 4.78 is 13.8. The van der Waals surface area contributed by atoms with Crippen molar-refractivity contribution < 1.29 is 18.8 Å². The maximum atomic E-state index is 13.8. The molecule has 3 amide bonds. The zero-order chi connectivity index (χ0) is 22.8. The number of primary amides is 1. The van der Waals surface area contributed by atoms with E-state index in [-0.39, 0.29) is 29.5 Å². The van der Waals surface area contributed by atoms with Crippen molar-refractivity contribution in [3.63, 3.8) is 0 Å². The van der Waals surface area contributed by atoms with Gasteiger partial charge in [0.15, 0.2) is 0 Å². The number of nitrogens with two attached hydrogens (primary N) is 1. The monoisotopic (exact) mass is 451 g/mol. The van der Waals surface area contributed by atoms with Crippen LogP contribution in [0, 0.1) is 18.7 Å². The zero-order valence-corrected chi connectivity index (χ0v) is 18.2. The van der Waals surface area contributed by atoms with Crippen LogP contribution in [0.25, 0.3) is 0 Å². The number of hydrogen-bond acceptors (Lipinski definition) is 4. The molecule has 1 saturated heterocycles. The number of nitrogens with one attached hydrogen (secondary N) is 1. The summed E-state index contributed by atoms with van der Waals surface area (Å²) in [5, 5.41) is 4.69. The Labute approximate surface area is 188 Å². The Morgan fingerprint density at radius 3 is 2.56 bits per heavy atom. The van der Waals surface area contributed by atoms with Gasteiger partial charge in [-0.05, 0) is 55.1 Å². The molecule has 0 spiro atoms. The van der Waals surface area contributed by atoms with E-state index in [0.29, 0.717) is 6.42 Å². The Kier molecular flexibility index (Phi) is 6.05. The molecule has 2 atom stereocenters. The van der Waals surface area contributed by atoms with E-state index in [1.54, 1.807) is 4.90 Å². The van der Waals surface area contributed by atoms with Crippen LogP contribution < -0.4 is 16.0 Å². The van der Waals surface area contributed by atoms with Crippen molar-refractivity contribution in [3.8, 4) is 0 Å². The van der Waals surface area contributed by atoms with Gasteiger partial charge >= 0.3 is 0 Å². The third-order valence-electron chi connectivity index (χ3n) is 5.58. The Bertz CT molecular complexity index is 1160. The summed E-state index contributed by atoms with van der Waals surface area (Å²) >= 11 is 1.48. The van der Waals surface area contributed by atoms with E-state index in [4.69, 9.17) is 5.73 Å². The Balaban J connectivity index is 1.68. The number of thiophene rings is 1. The Hall–Kier alpha value is -3.52. The molecule has 2 unspecified atom stereocenters. The van der Waals surface area contributed by atoms with Crippen LogP contribution in [-0.4, -0.2) is 17.7 Å². The van der Waals surface area contributed by atoms with E-state index >= 15 is 0 Å². The highest BCUT2D eigenvalue weighted by Gasteiger charge is 2.42. The van der Waals surface area contributed by atoms with Gasteiger partial charge < -0.3 is 16.0 Å². The average molecular weight is 452 g/mol.